The summed E-state index contributed by atoms with van der Waals surface area (Å²) in [4.78, 5) is 96.7. The monoisotopic (exact) mass is 744 g/mol. The van der Waals surface area contributed by atoms with Gasteiger partial charge < -0.3 is 41.9 Å². The zero-order chi connectivity index (χ0) is 39.8. The number of phenols is 1. The van der Waals surface area contributed by atoms with Crippen LogP contribution < -0.4 is 26.6 Å². The third-order valence-electron chi connectivity index (χ3n) is 9.29. The van der Waals surface area contributed by atoms with Crippen molar-refractivity contribution in [1.29, 1.82) is 0 Å². The van der Waals surface area contributed by atoms with Crippen LogP contribution in [0.5, 0.6) is 5.75 Å². The number of carboxylic acids is 1. The number of hydrogen-bond donors (Lipinski definition) is 8. The summed E-state index contributed by atoms with van der Waals surface area (Å²) in [6, 6.07) is -0.945. The van der Waals surface area contributed by atoms with Crippen LogP contribution in [0.25, 0.3) is 0 Å². The number of nitrogens with zero attached hydrogens (tertiary/aromatic N) is 1. The first-order chi connectivity index (χ1) is 24.7. The number of hydrogen-bond acceptors (Lipinski definition) is 10. The van der Waals surface area contributed by atoms with Gasteiger partial charge in [0.2, 0.25) is 29.5 Å². The van der Waals surface area contributed by atoms with Crippen molar-refractivity contribution in [1.82, 2.24) is 31.5 Å². The molecule has 0 unspecified atom stereocenters. The van der Waals surface area contributed by atoms with E-state index >= 15 is 0 Å². The van der Waals surface area contributed by atoms with E-state index in [9.17, 15) is 48.9 Å². The Morgan fingerprint density at radius 1 is 0.906 bits per heavy atom. The molecule has 8 N–H and O–H groups in total. The summed E-state index contributed by atoms with van der Waals surface area (Å²) < 4.78 is 0. The van der Waals surface area contributed by atoms with Crippen molar-refractivity contribution in [2.24, 2.45) is 11.8 Å². The number of fused-ring (bicyclic) bond motifs is 1. The minimum Gasteiger partial charge on any atom is -0.508 e. The first kappa shape index (κ1) is 42.8. The van der Waals surface area contributed by atoms with Crippen molar-refractivity contribution < 1.29 is 48.9 Å². The van der Waals surface area contributed by atoms with Crippen molar-refractivity contribution in [3.63, 3.8) is 0 Å². The highest BCUT2D eigenvalue weighted by Gasteiger charge is 2.44. The van der Waals surface area contributed by atoms with Crippen LogP contribution in [-0.2, 0) is 40.0 Å². The second-order valence-electron chi connectivity index (χ2n) is 15.7. The number of carbonyl (C=O) groups excluding carboxylic acids is 6. The normalized spacial score (nSPS) is 27.7. The molecule has 5 amide bonds. The quantitative estimate of drug-likeness (QED) is 0.178. The van der Waals surface area contributed by atoms with Crippen LogP contribution >= 0.6 is 0 Å². The van der Waals surface area contributed by atoms with E-state index in [4.69, 9.17) is 0 Å². The molecular weight excluding hydrogens is 688 g/mol. The first-order valence-corrected chi connectivity index (χ1v) is 18.2. The van der Waals surface area contributed by atoms with Crippen LogP contribution in [0.1, 0.15) is 86.1 Å². The molecule has 0 saturated carbocycles. The van der Waals surface area contributed by atoms with Crippen LogP contribution in [0, 0.1) is 11.8 Å². The minimum absolute atomic E-state index is 0.00311. The predicted molar refractivity (Wildman–Crippen MR) is 193 cm³/mol. The zero-order valence-corrected chi connectivity index (χ0v) is 31.6. The summed E-state index contributed by atoms with van der Waals surface area (Å²) >= 11 is 0. The van der Waals surface area contributed by atoms with E-state index in [1.165, 1.54) is 19.1 Å². The molecule has 1 aromatic carbocycles. The van der Waals surface area contributed by atoms with Gasteiger partial charge in [0.05, 0.1) is 36.6 Å². The summed E-state index contributed by atoms with van der Waals surface area (Å²) in [6.07, 6.45) is -1.93. The van der Waals surface area contributed by atoms with Gasteiger partial charge in [0.1, 0.15) is 23.9 Å². The molecule has 2 heterocycles. The molecule has 3 rings (SSSR count). The lowest BCUT2D eigenvalue weighted by atomic mass is 9.90. The topological polar surface area (TPSA) is 244 Å². The third kappa shape index (κ3) is 12.5. The van der Waals surface area contributed by atoms with Gasteiger partial charge in [0, 0.05) is 18.4 Å². The summed E-state index contributed by atoms with van der Waals surface area (Å²) in [5.74, 6) is -7.22. The molecule has 0 radical (unpaired) electrons. The standard InChI is InChI=1S/C37H56N6O10/c1-19(2)15-25-28(46)17-23(18-29(47)48)32(49)41-30(21(4)44)35(52)38-20(3)31(36(53)42-37(5,6)7)43-14-8-9-27(43)34(51)40-26(33(50)39-25)16-22-10-12-24(45)13-11-22/h10-13,19-21,23,25-27,30-31,44-45H,8-9,14-18H2,1-7H3,(H,38,52)(H,39,50)(H,40,51)(H,41,49)(H,42,53)(H,47,48)/t20-,21+,23-,25-,26+,27-,30-,31+/m0/s1. The Kier molecular flexibility index (Phi) is 14.9. The molecule has 8 atom stereocenters. The lowest BCUT2D eigenvalue weighted by Gasteiger charge is -2.38. The van der Waals surface area contributed by atoms with Gasteiger partial charge in [0.15, 0.2) is 5.78 Å². The van der Waals surface area contributed by atoms with Gasteiger partial charge in [0.25, 0.3) is 0 Å². The number of benzene rings is 1. The number of aromatic hydroxyl groups is 1. The SMILES string of the molecule is CC(C)C[C@@H]1NC(=O)[C@@H](Cc2ccc(O)cc2)NC(=O)[C@@H]2CCCN2[C@@H](C(=O)NC(C)(C)C)[C@H](C)NC(=O)[C@H]([C@@H](C)O)NC(=O)[C@H](CC(=O)O)CC1=O. The molecule has 0 aromatic heterocycles. The molecule has 0 aliphatic carbocycles. The summed E-state index contributed by atoms with van der Waals surface area (Å²) in [7, 11) is 0. The van der Waals surface area contributed by atoms with Crippen molar-refractivity contribution in [3.05, 3.63) is 29.8 Å². The predicted octanol–water partition coefficient (Wildman–Crippen LogP) is 0.132. The van der Waals surface area contributed by atoms with Crippen LogP contribution in [0.2, 0.25) is 0 Å². The molecule has 294 valence electrons. The number of aliphatic hydroxyl groups excluding tert-OH is 1. The number of nitrogens with one attached hydrogen (secondary N) is 5. The number of Topliss-reactive ketones (excluding diaryl/α,β-unsaturated/α-hetero) is 1. The fraction of sp³-hybridized carbons (Fsp3) is 0.649. The number of aliphatic carboxylic acids is 1. The fourth-order valence-electron chi connectivity index (χ4n) is 6.79. The van der Waals surface area contributed by atoms with Crippen LogP contribution in [-0.4, -0.2) is 116 Å². The molecule has 16 heteroatoms. The minimum atomic E-state index is -1.59. The van der Waals surface area contributed by atoms with Crippen molar-refractivity contribution in [2.75, 3.05) is 6.54 Å². The van der Waals surface area contributed by atoms with Gasteiger partial charge >= 0.3 is 5.97 Å². The summed E-state index contributed by atoms with van der Waals surface area (Å²) in [5.41, 5.74) is -0.110. The average Bonchev–Trinajstić information content (AvgIpc) is 3.50. The van der Waals surface area contributed by atoms with E-state index in [-0.39, 0.29) is 31.1 Å². The largest absolute Gasteiger partial charge is 0.508 e. The summed E-state index contributed by atoms with van der Waals surface area (Å²) in [6.45, 7) is 12.1. The molecule has 1 aromatic rings. The molecule has 2 aliphatic heterocycles. The van der Waals surface area contributed by atoms with E-state index < -0.39 is 108 Å². The Bertz CT molecular complexity index is 1510. The maximum atomic E-state index is 14.2. The van der Waals surface area contributed by atoms with Crippen LogP contribution in [0.15, 0.2) is 24.3 Å². The lowest BCUT2D eigenvalue weighted by Crippen LogP contribution is -2.65. The van der Waals surface area contributed by atoms with E-state index in [1.54, 1.807) is 44.7 Å². The number of aliphatic hydroxyl groups is 1. The van der Waals surface area contributed by atoms with Crippen LogP contribution in [0.4, 0.5) is 0 Å². The number of carbonyl (C=O) groups is 7. The Morgan fingerprint density at radius 3 is 2.09 bits per heavy atom. The molecule has 0 bridgehead atoms. The average molecular weight is 745 g/mol. The second-order valence-corrected chi connectivity index (χ2v) is 15.7. The first-order valence-electron chi connectivity index (χ1n) is 18.2. The zero-order valence-electron chi connectivity index (χ0n) is 31.6. The number of rotatable bonds is 8. The van der Waals surface area contributed by atoms with E-state index in [0.717, 1.165) is 0 Å². The van der Waals surface area contributed by atoms with Gasteiger partial charge in [-0.3, -0.25) is 38.5 Å². The highest BCUT2D eigenvalue weighted by atomic mass is 16.4. The third-order valence-corrected chi connectivity index (χ3v) is 9.29. The highest BCUT2D eigenvalue weighted by molar-refractivity contribution is 5.97. The molecule has 2 saturated heterocycles. The van der Waals surface area contributed by atoms with Gasteiger partial charge in [-0.25, -0.2) is 0 Å². The molecule has 0 spiro atoms. The molecule has 53 heavy (non-hydrogen) atoms. The van der Waals surface area contributed by atoms with Gasteiger partial charge in [-0.05, 0) is 84.0 Å². The smallest absolute Gasteiger partial charge is 0.304 e. The second kappa shape index (κ2) is 18.5. The number of carboxylic acid groups (broad SMARTS) is 1. The highest BCUT2D eigenvalue weighted by Crippen LogP contribution is 2.24. The Labute approximate surface area is 310 Å². The maximum absolute atomic E-state index is 14.2. The molecule has 16 nitrogen and oxygen atoms in total. The fourth-order valence-corrected chi connectivity index (χ4v) is 6.79. The number of phenolic OH excluding ortho intramolecular Hbond substituents is 1. The maximum Gasteiger partial charge on any atom is 0.304 e. The van der Waals surface area contributed by atoms with E-state index in [2.05, 4.69) is 26.6 Å². The van der Waals surface area contributed by atoms with Crippen molar-refractivity contribution >= 4 is 41.3 Å². The van der Waals surface area contributed by atoms with Crippen molar-refractivity contribution in [3.8, 4) is 5.75 Å². The van der Waals surface area contributed by atoms with Gasteiger partial charge in [-0.1, -0.05) is 26.0 Å². The Morgan fingerprint density at radius 2 is 1.53 bits per heavy atom. The van der Waals surface area contributed by atoms with E-state index in [1.807, 2.05) is 13.8 Å². The van der Waals surface area contributed by atoms with Gasteiger partial charge in [-0.15, -0.1) is 0 Å². The van der Waals surface area contributed by atoms with Crippen molar-refractivity contribution in [2.45, 2.75) is 135 Å². The van der Waals surface area contributed by atoms with E-state index in [0.29, 0.717) is 18.4 Å². The van der Waals surface area contributed by atoms with Crippen LogP contribution in [0.3, 0.4) is 0 Å². The number of ketones is 1. The molecule has 2 fully saturated rings. The summed E-state index contributed by atoms with van der Waals surface area (Å²) in [5, 5.41) is 43.7. The Balaban J connectivity index is 2.16. The lowest BCUT2D eigenvalue weighted by molar-refractivity contribution is -0.143. The Hall–Kier alpha value is -4.57. The van der Waals surface area contributed by atoms with Gasteiger partial charge in [-0.2, -0.15) is 0 Å². The number of amides is 5. The molecular formula is C37H56N6O10. The molecule has 2 aliphatic rings.